The van der Waals surface area contributed by atoms with Crippen LogP contribution in [0.5, 0.6) is 0 Å². The largest absolute Gasteiger partial charge is 0.393 e. The minimum absolute atomic E-state index is 0.0942. The third kappa shape index (κ3) is 1.67. The van der Waals surface area contributed by atoms with Gasteiger partial charge in [0.1, 0.15) is 0 Å². The number of Topliss-reactive ketones (excluding diaryl/α,β-unsaturated/α-hetero) is 1. The molecule has 0 aromatic carbocycles. The number of carbonyl (C=O) groups excluding carboxylic acids is 1. The zero-order valence-electron chi connectivity index (χ0n) is 13.8. The van der Waals surface area contributed by atoms with Crippen molar-refractivity contribution >= 4 is 5.78 Å². The summed E-state index contributed by atoms with van der Waals surface area (Å²) in [7, 11) is 0. The van der Waals surface area contributed by atoms with Crippen molar-refractivity contribution in [2.75, 3.05) is 6.61 Å². The van der Waals surface area contributed by atoms with E-state index in [1.54, 1.807) is 0 Å². The van der Waals surface area contributed by atoms with Crippen molar-refractivity contribution in [1.82, 2.24) is 0 Å². The summed E-state index contributed by atoms with van der Waals surface area (Å²) in [5.74, 6) is 1.19. The number of carbonyl (C=O) groups is 1. The van der Waals surface area contributed by atoms with Crippen molar-refractivity contribution < 1.29 is 15.0 Å². The molecule has 4 rings (SSSR count). The molecule has 0 radical (unpaired) electrons. The van der Waals surface area contributed by atoms with Crippen LogP contribution in [0.15, 0.2) is 11.1 Å². The predicted molar refractivity (Wildman–Crippen MR) is 84.2 cm³/mol. The van der Waals surface area contributed by atoms with Crippen LogP contribution in [0.25, 0.3) is 0 Å². The summed E-state index contributed by atoms with van der Waals surface area (Å²) in [5.41, 5.74) is 1.92. The highest BCUT2D eigenvalue weighted by atomic mass is 16.3. The topological polar surface area (TPSA) is 57.5 Å². The number of aliphatic hydroxyl groups is 2. The first-order chi connectivity index (χ1) is 10.3. The lowest BCUT2D eigenvalue weighted by molar-refractivity contribution is -0.118. The monoisotopic (exact) mass is 304 g/mol. The van der Waals surface area contributed by atoms with Gasteiger partial charge in [-0.05, 0) is 80.1 Å². The van der Waals surface area contributed by atoms with E-state index in [9.17, 15) is 15.0 Å². The molecule has 0 unspecified atom stereocenters. The minimum Gasteiger partial charge on any atom is -0.393 e. The van der Waals surface area contributed by atoms with Gasteiger partial charge in [0, 0.05) is 6.42 Å². The van der Waals surface area contributed by atoms with Crippen LogP contribution in [0.2, 0.25) is 0 Å². The van der Waals surface area contributed by atoms with E-state index in [2.05, 4.69) is 6.92 Å². The fourth-order valence-corrected chi connectivity index (χ4v) is 6.90. The Bertz CT molecular complexity index is 565. The quantitative estimate of drug-likeness (QED) is 0.783. The first-order valence-corrected chi connectivity index (χ1v) is 8.91. The summed E-state index contributed by atoms with van der Waals surface area (Å²) < 4.78 is 0. The van der Waals surface area contributed by atoms with Gasteiger partial charge in [-0.1, -0.05) is 12.5 Å². The number of hydrogen-bond acceptors (Lipinski definition) is 3. The Labute approximate surface area is 132 Å². The van der Waals surface area contributed by atoms with Crippen molar-refractivity contribution in [3.8, 4) is 0 Å². The van der Waals surface area contributed by atoms with Crippen LogP contribution in [0, 0.1) is 22.7 Å². The number of hydrogen-bond donors (Lipinski definition) is 2. The maximum atomic E-state index is 12.1. The van der Waals surface area contributed by atoms with Gasteiger partial charge in [0.25, 0.3) is 0 Å². The second kappa shape index (κ2) is 4.45. The van der Waals surface area contributed by atoms with E-state index in [4.69, 9.17) is 0 Å². The molecule has 0 saturated heterocycles. The third-order valence-electron chi connectivity index (χ3n) is 7.96. The van der Waals surface area contributed by atoms with Crippen LogP contribution in [0.4, 0.5) is 0 Å². The van der Waals surface area contributed by atoms with Gasteiger partial charge < -0.3 is 10.2 Å². The van der Waals surface area contributed by atoms with Crippen LogP contribution in [0.1, 0.15) is 65.2 Å². The van der Waals surface area contributed by atoms with Crippen LogP contribution in [0.3, 0.4) is 0 Å². The van der Waals surface area contributed by atoms with E-state index in [0.29, 0.717) is 18.1 Å². The molecule has 0 aromatic heterocycles. The average molecular weight is 304 g/mol. The second-order valence-corrected chi connectivity index (χ2v) is 8.78. The van der Waals surface area contributed by atoms with Crippen molar-refractivity contribution in [2.24, 2.45) is 22.7 Å². The molecule has 3 saturated carbocycles. The Kier molecular flexibility index (Phi) is 3.01. The zero-order valence-corrected chi connectivity index (χ0v) is 13.8. The molecule has 1 spiro atoms. The molecule has 22 heavy (non-hydrogen) atoms. The third-order valence-corrected chi connectivity index (χ3v) is 7.96. The van der Waals surface area contributed by atoms with E-state index in [-0.39, 0.29) is 23.4 Å². The second-order valence-electron chi connectivity index (χ2n) is 8.78. The maximum absolute atomic E-state index is 12.1. The molecule has 3 heteroatoms. The van der Waals surface area contributed by atoms with Gasteiger partial charge in [0.15, 0.2) is 5.78 Å². The molecule has 2 bridgehead atoms. The minimum atomic E-state index is -0.855. The smallest absolute Gasteiger partial charge is 0.158 e. The first kappa shape index (κ1) is 14.9. The summed E-state index contributed by atoms with van der Waals surface area (Å²) in [6.07, 6.45) is 7.78. The van der Waals surface area contributed by atoms with Crippen molar-refractivity contribution in [3.63, 3.8) is 0 Å². The molecule has 0 aliphatic heterocycles. The van der Waals surface area contributed by atoms with Crippen LogP contribution >= 0.6 is 0 Å². The predicted octanol–water partition coefficient (Wildman–Crippen LogP) is 3.00. The Hall–Kier alpha value is -0.670. The summed E-state index contributed by atoms with van der Waals surface area (Å²) in [5, 5.41) is 20.6. The van der Waals surface area contributed by atoms with E-state index in [1.165, 1.54) is 5.57 Å². The lowest BCUT2D eigenvalue weighted by atomic mass is 9.47. The van der Waals surface area contributed by atoms with Crippen LogP contribution in [-0.4, -0.2) is 28.2 Å². The van der Waals surface area contributed by atoms with Crippen LogP contribution < -0.4 is 0 Å². The Morgan fingerprint density at radius 3 is 2.73 bits per heavy atom. The highest BCUT2D eigenvalue weighted by Crippen LogP contribution is 2.70. The standard InChI is InChI=1S/C19H28O3/c1-12-14-5-8-18-9-13(19(22,10-18)11-20)3-4-16(18)17(14,2)7-6-15(12)21/h13,16,20,22H,3-11H2,1-2H3/t13-,16+,17-,18+,19+/m1/s1. The Balaban J connectivity index is 1.77. The van der Waals surface area contributed by atoms with E-state index < -0.39 is 5.60 Å². The lowest BCUT2D eigenvalue weighted by Crippen LogP contribution is -2.49. The van der Waals surface area contributed by atoms with Gasteiger partial charge in [-0.15, -0.1) is 0 Å². The number of rotatable bonds is 1. The molecule has 4 aliphatic rings. The highest BCUT2D eigenvalue weighted by Gasteiger charge is 2.64. The zero-order chi connectivity index (χ0) is 15.8. The summed E-state index contributed by atoms with van der Waals surface area (Å²) in [6.45, 7) is 4.31. The molecule has 122 valence electrons. The molecular formula is C19H28O3. The van der Waals surface area contributed by atoms with Crippen molar-refractivity contribution in [1.29, 1.82) is 0 Å². The Morgan fingerprint density at radius 1 is 1.23 bits per heavy atom. The molecular weight excluding hydrogens is 276 g/mol. The van der Waals surface area contributed by atoms with E-state index >= 15 is 0 Å². The van der Waals surface area contributed by atoms with Crippen LogP contribution in [-0.2, 0) is 4.79 Å². The molecule has 2 N–H and O–H groups in total. The lowest BCUT2D eigenvalue weighted by Gasteiger charge is -2.57. The SMILES string of the molecule is CC1=C2CC[C@@]34C[C@@H](CC[C@H]3[C@]2(C)CCC1=O)[C@@](O)(CO)C4. The van der Waals surface area contributed by atoms with Gasteiger partial charge in [-0.3, -0.25) is 4.79 Å². The maximum Gasteiger partial charge on any atom is 0.158 e. The van der Waals surface area contributed by atoms with Gasteiger partial charge in [0.2, 0.25) is 0 Å². The average Bonchev–Trinajstić information content (AvgIpc) is 2.71. The fourth-order valence-electron chi connectivity index (χ4n) is 6.90. The first-order valence-electron chi connectivity index (χ1n) is 8.91. The number of aliphatic hydroxyl groups excluding tert-OH is 1. The van der Waals surface area contributed by atoms with Gasteiger partial charge in [-0.25, -0.2) is 0 Å². The molecule has 3 nitrogen and oxygen atoms in total. The number of allylic oxidation sites excluding steroid dienone is 2. The van der Waals surface area contributed by atoms with Gasteiger partial charge in [0.05, 0.1) is 12.2 Å². The van der Waals surface area contributed by atoms with E-state index in [0.717, 1.165) is 50.5 Å². The van der Waals surface area contributed by atoms with Crippen molar-refractivity contribution in [3.05, 3.63) is 11.1 Å². The Morgan fingerprint density at radius 2 is 2.00 bits per heavy atom. The molecule has 0 aromatic rings. The number of fused-ring (bicyclic) bond motifs is 3. The van der Waals surface area contributed by atoms with Crippen molar-refractivity contribution in [2.45, 2.75) is 70.8 Å². The molecule has 0 amide bonds. The summed E-state index contributed by atoms with van der Waals surface area (Å²) in [6, 6.07) is 0. The molecule has 5 atom stereocenters. The summed E-state index contributed by atoms with van der Waals surface area (Å²) >= 11 is 0. The molecule has 0 heterocycles. The molecule has 3 fully saturated rings. The normalized spacial score (nSPS) is 50.8. The summed E-state index contributed by atoms with van der Waals surface area (Å²) in [4.78, 5) is 12.1. The van der Waals surface area contributed by atoms with E-state index in [1.807, 2.05) is 6.92 Å². The highest BCUT2D eigenvalue weighted by molar-refractivity contribution is 5.96. The fraction of sp³-hybridized carbons (Fsp3) is 0.842. The molecule has 4 aliphatic carbocycles. The van der Waals surface area contributed by atoms with Gasteiger partial charge >= 0.3 is 0 Å². The van der Waals surface area contributed by atoms with Gasteiger partial charge in [-0.2, -0.15) is 0 Å². The number of ketones is 1.